The molecule has 0 spiro atoms. The standard InChI is InChI=1S/C9H12N4O2/c14-9(15)11-7-3-5-13(6-7)8-2-1-4-10-12-8/h1-2,4,7,11H,3,5-6H2,(H,14,15)/t7-/m1/s1. The van der Waals surface area contributed by atoms with Gasteiger partial charge in [-0.2, -0.15) is 5.10 Å². The largest absolute Gasteiger partial charge is 0.465 e. The summed E-state index contributed by atoms with van der Waals surface area (Å²) >= 11 is 0. The number of rotatable bonds is 2. The van der Waals surface area contributed by atoms with Crippen LogP contribution in [0.3, 0.4) is 0 Å². The van der Waals surface area contributed by atoms with Gasteiger partial charge in [-0.05, 0) is 18.6 Å². The summed E-state index contributed by atoms with van der Waals surface area (Å²) in [4.78, 5) is 12.5. The van der Waals surface area contributed by atoms with Crippen molar-refractivity contribution in [3.05, 3.63) is 18.3 Å². The van der Waals surface area contributed by atoms with Crippen LogP contribution in [0.15, 0.2) is 18.3 Å². The maximum Gasteiger partial charge on any atom is 0.404 e. The van der Waals surface area contributed by atoms with Crippen molar-refractivity contribution in [3.8, 4) is 0 Å². The molecule has 1 aromatic rings. The molecule has 0 aliphatic carbocycles. The molecule has 80 valence electrons. The number of anilines is 1. The topological polar surface area (TPSA) is 78.4 Å². The summed E-state index contributed by atoms with van der Waals surface area (Å²) < 4.78 is 0. The highest BCUT2D eigenvalue weighted by atomic mass is 16.4. The van der Waals surface area contributed by atoms with Crippen molar-refractivity contribution < 1.29 is 9.90 Å². The third kappa shape index (κ3) is 2.34. The molecule has 0 saturated carbocycles. The van der Waals surface area contributed by atoms with Crippen molar-refractivity contribution in [2.45, 2.75) is 12.5 Å². The monoisotopic (exact) mass is 208 g/mol. The molecule has 1 fully saturated rings. The molecule has 1 aliphatic rings. The van der Waals surface area contributed by atoms with Gasteiger partial charge in [0.1, 0.15) is 0 Å². The number of nitrogens with zero attached hydrogens (tertiary/aromatic N) is 3. The van der Waals surface area contributed by atoms with Crippen LogP contribution in [0.5, 0.6) is 0 Å². The van der Waals surface area contributed by atoms with Crippen LogP contribution >= 0.6 is 0 Å². The summed E-state index contributed by atoms with van der Waals surface area (Å²) in [5, 5.41) is 18.8. The lowest BCUT2D eigenvalue weighted by Crippen LogP contribution is -2.36. The third-order valence-electron chi connectivity index (χ3n) is 2.40. The Labute approximate surface area is 86.9 Å². The number of nitrogens with one attached hydrogen (secondary N) is 1. The van der Waals surface area contributed by atoms with Gasteiger partial charge < -0.3 is 15.3 Å². The highest BCUT2D eigenvalue weighted by Crippen LogP contribution is 2.16. The minimum absolute atomic E-state index is 0.00972. The molecule has 6 nitrogen and oxygen atoms in total. The molecule has 1 aromatic heterocycles. The van der Waals surface area contributed by atoms with Crippen molar-refractivity contribution in [2.75, 3.05) is 18.0 Å². The quantitative estimate of drug-likeness (QED) is 0.732. The normalized spacial score (nSPS) is 20.3. The molecule has 0 radical (unpaired) electrons. The van der Waals surface area contributed by atoms with Crippen LogP contribution in [0.25, 0.3) is 0 Å². The summed E-state index contributed by atoms with van der Waals surface area (Å²) in [5.74, 6) is 0.798. The fourth-order valence-corrected chi connectivity index (χ4v) is 1.72. The van der Waals surface area contributed by atoms with E-state index in [-0.39, 0.29) is 6.04 Å². The highest BCUT2D eigenvalue weighted by Gasteiger charge is 2.24. The SMILES string of the molecule is O=C(O)N[C@@H]1CCN(c2cccnn2)C1. The van der Waals surface area contributed by atoms with Crippen LogP contribution in [0.2, 0.25) is 0 Å². The number of amides is 1. The zero-order chi connectivity index (χ0) is 10.7. The van der Waals surface area contributed by atoms with Crippen molar-refractivity contribution in [3.63, 3.8) is 0 Å². The lowest BCUT2D eigenvalue weighted by atomic mass is 10.3. The van der Waals surface area contributed by atoms with Crippen molar-refractivity contribution in [1.82, 2.24) is 15.5 Å². The lowest BCUT2D eigenvalue weighted by molar-refractivity contribution is 0.191. The Balaban J connectivity index is 1.96. The lowest BCUT2D eigenvalue weighted by Gasteiger charge is -2.16. The van der Waals surface area contributed by atoms with Gasteiger partial charge in [0.05, 0.1) is 6.04 Å². The van der Waals surface area contributed by atoms with E-state index in [0.717, 1.165) is 18.8 Å². The predicted octanol–water partition coefficient (Wildman–Crippen LogP) is 0.323. The van der Waals surface area contributed by atoms with E-state index in [1.54, 1.807) is 6.20 Å². The van der Waals surface area contributed by atoms with E-state index in [9.17, 15) is 4.79 Å². The van der Waals surface area contributed by atoms with E-state index in [4.69, 9.17) is 5.11 Å². The van der Waals surface area contributed by atoms with Gasteiger partial charge >= 0.3 is 6.09 Å². The van der Waals surface area contributed by atoms with Gasteiger partial charge in [0.25, 0.3) is 0 Å². The summed E-state index contributed by atoms with van der Waals surface area (Å²) in [6.45, 7) is 1.47. The minimum atomic E-state index is -0.971. The number of aromatic nitrogens is 2. The number of hydrogen-bond acceptors (Lipinski definition) is 4. The Morgan fingerprint density at radius 1 is 1.67 bits per heavy atom. The van der Waals surface area contributed by atoms with E-state index >= 15 is 0 Å². The van der Waals surface area contributed by atoms with Gasteiger partial charge in [0, 0.05) is 19.3 Å². The first-order valence-electron chi connectivity index (χ1n) is 4.78. The molecule has 0 bridgehead atoms. The molecule has 2 rings (SSSR count). The Morgan fingerprint density at radius 3 is 3.20 bits per heavy atom. The zero-order valence-electron chi connectivity index (χ0n) is 8.13. The molecule has 6 heteroatoms. The fraction of sp³-hybridized carbons (Fsp3) is 0.444. The minimum Gasteiger partial charge on any atom is -0.465 e. The first kappa shape index (κ1) is 9.70. The smallest absolute Gasteiger partial charge is 0.404 e. The van der Waals surface area contributed by atoms with Crippen LogP contribution in [0, 0.1) is 0 Å². The molecule has 1 saturated heterocycles. The Hall–Kier alpha value is -1.85. The van der Waals surface area contributed by atoms with Crippen LogP contribution in [0.1, 0.15) is 6.42 Å². The average molecular weight is 208 g/mol. The summed E-state index contributed by atoms with van der Waals surface area (Å²) in [5.41, 5.74) is 0. The Kier molecular flexibility index (Phi) is 2.66. The molecule has 1 amide bonds. The van der Waals surface area contributed by atoms with Crippen molar-refractivity contribution in [1.29, 1.82) is 0 Å². The highest BCUT2D eigenvalue weighted by molar-refractivity contribution is 5.65. The summed E-state index contributed by atoms with van der Waals surface area (Å²) in [6.07, 6.45) is 1.45. The van der Waals surface area contributed by atoms with Crippen LogP contribution < -0.4 is 10.2 Å². The zero-order valence-corrected chi connectivity index (χ0v) is 8.13. The Morgan fingerprint density at radius 2 is 2.53 bits per heavy atom. The fourth-order valence-electron chi connectivity index (χ4n) is 1.72. The molecule has 1 aliphatic heterocycles. The third-order valence-corrected chi connectivity index (χ3v) is 2.40. The van der Waals surface area contributed by atoms with Crippen molar-refractivity contribution in [2.24, 2.45) is 0 Å². The van der Waals surface area contributed by atoms with E-state index in [2.05, 4.69) is 15.5 Å². The van der Waals surface area contributed by atoms with E-state index < -0.39 is 6.09 Å². The van der Waals surface area contributed by atoms with Crippen LogP contribution in [-0.4, -0.2) is 40.5 Å². The first-order chi connectivity index (χ1) is 7.25. The van der Waals surface area contributed by atoms with Gasteiger partial charge in [-0.25, -0.2) is 4.79 Å². The molecule has 0 unspecified atom stereocenters. The maximum atomic E-state index is 10.4. The van der Waals surface area contributed by atoms with E-state index in [1.807, 2.05) is 17.0 Å². The average Bonchev–Trinajstić information content (AvgIpc) is 2.67. The van der Waals surface area contributed by atoms with Crippen molar-refractivity contribution >= 4 is 11.9 Å². The van der Waals surface area contributed by atoms with Gasteiger partial charge in [-0.1, -0.05) is 0 Å². The number of carboxylic acid groups (broad SMARTS) is 1. The molecule has 1 atom stereocenters. The molecule has 15 heavy (non-hydrogen) atoms. The molecule has 0 aromatic carbocycles. The second-order valence-corrected chi connectivity index (χ2v) is 3.46. The molecular formula is C9H12N4O2. The van der Waals surface area contributed by atoms with Gasteiger partial charge in [0.15, 0.2) is 5.82 Å². The van der Waals surface area contributed by atoms with Crippen LogP contribution in [0.4, 0.5) is 10.6 Å². The first-order valence-corrected chi connectivity index (χ1v) is 4.78. The van der Waals surface area contributed by atoms with E-state index in [1.165, 1.54) is 0 Å². The second kappa shape index (κ2) is 4.12. The van der Waals surface area contributed by atoms with E-state index in [0.29, 0.717) is 6.54 Å². The summed E-state index contributed by atoms with van der Waals surface area (Å²) in [6, 6.07) is 3.68. The summed E-state index contributed by atoms with van der Waals surface area (Å²) in [7, 11) is 0. The number of hydrogen-bond donors (Lipinski definition) is 2. The van der Waals surface area contributed by atoms with Crippen LogP contribution in [-0.2, 0) is 0 Å². The number of carbonyl (C=O) groups is 1. The van der Waals surface area contributed by atoms with Gasteiger partial charge in [-0.3, -0.25) is 0 Å². The molecular weight excluding hydrogens is 196 g/mol. The predicted molar refractivity (Wildman–Crippen MR) is 53.8 cm³/mol. The maximum absolute atomic E-state index is 10.4. The molecule has 2 heterocycles. The molecule has 2 N–H and O–H groups in total. The Bertz CT molecular complexity index is 343. The van der Waals surface area contributed by atoms with Gasteiger partial charge in [0.2, 0.25) is 0 Å². The second-order valence-electron chi connectivity index (χ2n) is 3.46. The van der Waals surface area contributed by atoms with Gasteiger partial charge in [-0.15, -0.1) is 5.10 Å².